The maximum absolute atomic E-state index is 12.6. The summed E-state index contributed by atoms with van der Waals surface area (Å²) in [6.45, 7) is 7.05. The van der Waals surface area contributed by atoms with Crippen LogP contribution in [-0.2, 0) is 25.4 Å². The molecule has 1 atom stereocenters. The molecule has 6 aromatic heterocycles. The third-order valence-electron chi connectivity index (χ3n) is 9.63. The van der Waals surface area contributed by atoms with E-state index in [9.17, 15) is 26.3 Å². The fraction of sp³-hybridized carbons (Fsp3) is 0.136. The molecule has 0 aliphatic heterocycles. The fourth-order valence-corrected chi connectivity index (χ4v) is 6.33. The van der Waals surface area contributed by atoms with Gasteiger partial charge in [-0.1, -0.05) is 43.8 Å². The number of fused-ring (bicyclic) bond motifs is 2. The van der Waals surface area contributed by atoms with E-state index in [0.717, 1.165) is 85.3 Å². The van der Waals surface area contributed by atoms with E-state index >= 15 is 0 Å². The molecule has 8 aromatic rings. The van der Waals surface area contributed by atoms with Gasteiger partial charge in [-0.2, -0.15) is 26.3 Å². The van der Waals surface area contributed by atoms with Crippen molar-refractivity contribution < 1.29 is 26.3 Å². The summed E-state index contributed by atoms with van der Waals surface area (Å²) in [5, 5.41) is 8.33. The van der Waals surface area contributed by atoms with Crippen molar-refractivity contribution in [2.45, 2.75) is 38.3 Å². The lowest BCUT2D eigenvalue weighted by molar-refractivity contribution is -0.138. The van der Waals surface area contributed by atoms with Crippen LogP contribution in [0.1, 0.15) is 57.3 Å². The molecule has 0 aliphatic carbocycles. The number of hydrogen-bond donors (Lipinski definition) is 4. The average molecular weight is 791 g/mol. The zero-order chi connectivity index (χ0) is 40.9. The van der Waals surface area contributed by atoms with Crippen LogP contribution in [0.4, 0.5) is 38.0 Å². The highest BCUT2D eigenvalue weighted by molar-refractivity contribution is 5.94. The number of rotatable bonds is 10. The molecule has 14 heteroatoms. The lowest BCUT2D eigenvalue weighted by atomic mass is 9.94. The number of hydrogen-bond acceptors (Lipinski definition) is 6. The third-order valence-corrected chi connectivity index (χ3v) is 9.63. The van der Waals surface area contributed by atoms with Crippen molar-refractivity contribution in [2.24, 2.45) is 0 Å². The molecular weight excluding hydrogens is 755 g/mol. The van der Waals surface area contributed by atoms with Crippen LogP contribution in [0.3, 0.4) is 0 Å². The van der Waals surface area contributed by atoms with E-state index in [0.29, 0.717) is 24.7 Å². The molecule has 0 spiro atoms. The molecule has 0 radical (unpaired) electrons. The molecule has 294 valence electrons. The first-order valence-corrected chi connectivity index (χ1v) is 18.1. The molecule has 2 aromatic carbocycles. The summed E-state index contributed by atoms with van der Waals surface area (Å²) in [7, 11) is 0. The predicted molar refractivity (Wildman–Crippen MR) is 214 cm³/mol. The number of nitrogens with zero attached hydrogens (tertiary/aromatic N) is 4. The van der Waals surface area contributed by atoms with E-state index in [1.807, 2.05) is 67.1 Å². The predicted octanol–water partition coefficient (Wildman–Crippen LogP) is 11.4. The van der Waals surface area contributed by atoms with Gasteiger partial charge in [0.2, 0.25) is 0 Å². The van der Waals surface area contributed by atoms with Crippen LogP contribution in [0.2, 0.25) is 0 Å². The van der Waals surface area contributed by atoms with E-state index in [1.54, 1.807) is 18.6 Å². The lowest BCUT2D eigenvalue weighted by Gasteiger charge is -2.12. The van der Waals surface area contributed by atoms with Gasteiger partial charge in [0.25, 0.3) is 0 Å². The largest absolute Gasteiger partial charge is 0.416 e. The number of aromatic amines is 2. The quantitative estimate of drug-likeness (QED) is 0.103. The standard InChI is InChI=1S/C22H19F3N4.C22H17F3N4/c2*1-14(19-13-29-21-18(19)3-2-10-26-21)16-6-9-20(28-12-16)27-11-15-4-7-17(8-5-15)22(23,24)25/h2-10,12-14H,11H2,1H3,(H,26,29)(H,27,28);2-10,12-13H,1,11H2,(H,26,29)(H,27,28). The average Bonchev–Trinajstić information content (AvgIpc) is 3.87. The highest BCUT2D eigenvalue weighted by Crippen LogP contribution is 2.32. The van der Waals surface area contributed by atoms with Gasteiger partial charge in [-0.05, 0) is 94.6 Å². The second-order valence-corrected chi connectivity index (χ2v) is 13.5. The minimum Gasteiger partial charge on any atom is -0.366 e. The normalized spacial score (nSPS) is 12.2. The summed E-state index contributed by atoms with van der Waals surface area (Å²) in [6.07, 6.45) is 2.21. The van der Waals surface area contributed by atoms with Crippen molar-refractivity contribution >= 4 is 39.3 Å². The summed E-state index contributed by atoms with van der Waals surface area (Å²) in [4.78, 5) is 23.7. The summed E-state index contributed by atoms with van der Waals surface area (Å²) < 4.78 is 75.8. The van der Waals surface area contributed by atoms with Crippen LogP contribution in [0, 0.1) is 0 Å². The Balaban J connectivity index is 0.000000177. The zero-order valence-corrected chi connectivity index (χ0v) is 31.0. The third kappa shape index (κ3) is 9.18. The molecule has 0 saturated carbocycles. The van der Waals surface area contributed by atoms with Gasteiger partial charge in [0.15, 0.2) is 0 Å². The summed E-state index contributed by atoms with van der Waals surface area (Å²) in [6, 6.07) is 25.6. The molecule has 1 unspecified atom stereocenters. The number of aromatic nitrogens is 6. The van der Waals surface area contributed by atoms with Gasteiger partial charge in [-0.3, -0.25) is 0 Å². The van der Waals surface area contributed by atoms with Crippen molar-refractivity contribution in [1.82, 2.24) is 29.9 Å². The number of H-pyrrole nitrogens is 2. The molecule has 4 N–H and O–H groups in total. The smallest absolute Gasteiger partial charge is 0.366 e. The molecular formula is C44H36F6N8. The minimum atomic E-state index is -4.33. The molecule has 0 aliphatic rings. The Morgan fingerprint density at radius 2 is 1.14 bits per heavy atom. The van der Waals surface area contributed by atoms with Crippen LogP contribution in [0.15, 0.2) is 141 Å². The van der Waals surface area contributed by atoms with Crippen molar-refractivity contribution in [3.63, 3.8) is 0 Å². The Hall–Kier alpha value is -6.96. The summed E-state index contributed by atoms with van der Waals surface area (Å²) in [5.41, 5.74) is 6.71. The van der Waals surface area contributed by atoms with Gasteiger partial charge in [0.1, 0.15) is 22.9 Å². The van der Waals surface area contributed by atoms with Gasteiger partial charge >= 0.3 is 12.4 Å². The molecule has 0 amide bonds. The zero-order valence-electron chi connectivity index (χ0n) is 31.0. The Kier molecular flexibility index (Phi) is 11.3. The monoisotopic (exact) mass is 790 g/mol. The molecule has 8 nitrogen and oxygen atoms in total. The lowest BCUT2D eigenvalue weighted by Crippen LogP contribution is -2.06. The van der Waals surface area contributed by atoms with Gasteiger partial charge in [0, 0.05) is 78.1 Å². The van der Waals surface area contributed by atoms with E-state index in [4.69, 9.17) is 0 Å². The van der Waals surface area contributed by atoms with E-state index in [2.05, 4.69) is 54.0 Å². The minimum absolute atomic E-state index is 0.143. The van der Waals surface area contributed by atoms with E-state index in [1.165, 1.54) is 24.3 Å². The molecule has 6 heterocycles. The Bertz CT molecular complexity index is 2610. The van der Waals surface area contributed by atoms with Crippen molar-refractivity contribution in [2.75, 3.05) is 10.6 Å². The second kappa shape index (κ2) is 16.6. The van der Waals surface area contributed by atoms with Crippen molar-refractivity contribution in [1.29, 1.82) is 0 Å². The first-order chi connectivity index (χ1) is 27.8. The van der Waals surface area contributed by atoms with Gasteiger partial charge in [-0.25, -0.2) is 19.9 Å². The molecule has 8 rings (SSSR count). The Morgan fingerprint density at radius 3 is 1.66 bits per heavy atom. The number of nitrogens with one attached hydrogen (secondary N) is 4. The second-order valence-electron chi connectivity index (χ2n) is 13.5. The van der Waals surface area contributed by atoms with Gasteiger partial charge in [-0.15, -0.1) is 0 Å². The summed E-state index contributed by atoms with van der Waals surface area (Å²) >= 11 is 0. The van der Waals surface area contributed by atoms with Crippen LogP contribution >= 0.6 is 0 Å². The highest BCUT2D eigenvalue weighted by Gasteiger charge is 2.30. The number of halogens is 6. The topological polar surface area (TPSA) is 107 Å². The summed E-state index contributed by atoms with van der Waals surface area (Å²) in [5.74, 6) is 1.44. The van der Waals surface area contributed by atoms with Gasteiger partial charge < -0.3 is 20.6 Å². The van der Waals surface area contributed by atoms with E-state index < -0.39 is 23.5 Å². The first kappa shape index (κ1) is 39.3. The van der Waals surface area contributed by atoms with Crippen LogP contribution in [0.25, 0.3) is 27.6 Å². The van der Waals surface area contributed by atoms with Crippen molar-refractivity contribution in [3.8, 4) is 0 Å². The number of alkyl halides is 6. The number of pyridine rings is 4. The number of benzene rings is 2. The first-order valence-electron chi connectivity index (χ1n) is 18.1. The van der Waals surface area contributed by atoms with E-state index in [-0.39, 0.29) is 5.92 Å². The highest BCUT2D eigenvalue weighted by atomic mass is 19.4. The SMILES string of the molecule is C=C(c1ccc(NCc2ccc(C(F)(F)F)cc2)nc1)c1c[nH]c2ncccc12.CC(c1ccc(NCc2ccc(C(F)(F)F)cc2)nc1)c1c[nH]c2ncccc12. The molecule has 58 heavy (non-hydrogen) atoms. The molecule has 0 bridgehead atoms. The van der Waals surface area contributed by atoms with Crippen LogP contribution in [0.5, 0.6) is 0 Å². The maximum atomic E-state index is 12.6. The van der Waals surface area contributed by atoms with Gasteiger partial charge in [0.05, 0.1) is 11.1 Å². The Morgan fingerprint density at radius 1 is 0.621 bits per heavy atom. The van der Waals surface area contributed by atoms with Crippen molar-refractivity contribution in [3.05, 3.63) is 185 Å². The molecule has 0 saturated heterocycles. The maximum Gasteiger partial charge on any atom is 0.416 e. The molecule has 0 fully saturated rings. The fourth-order valence-electron chi connectivity index (χ4n) is 6.33. The Labute approximate surface area is 329 Å². The number of anilines is 2. The van der Waals surface area contributed by atoms with Crippen LogP contribution < -0.4 is 10.6 Å². The van der Waals surface area contributed by atoms with Crippen LogP contribution in [-0.4, -0.2) is 29.9 Å².